The van der Waals surface area contributed by atoms with Gasteiger partial charge in [-0.15, -0.1) is 6.82 Å². The standard InChI is InChI=1S/C2H9BO3S/c1-3-6-7(2,4)5/h6H,3H2,1-2H3. The van der Waals surface area contributed by atoms with Crippen molar-refractivity contribution in [3.8, 4) is 0 Å². The van der Waals surface area contributed by atoms with Crippen LogP contribution in [0, 0.1) is 0 Å². The summed E-state index contributed by atoms with van der Waals surface area (Å²) in [5.41, 5.74) is 0. The fourth-order valence-electron chi connectivity index (χ4n) is 0.332. The van der Waals surface area contributed by atoms with Crippen molar-refractivity contribution in [1.29, 1.82) is 0 Å². The second kappa shape index (κ2) is 2.33. The Balaban J connectivity index is 3.60. The third-order valence-electron chi connectivity index (χ3n) is 0.514. The first kappa shape index (κ1) is 6.97. The van der Waals surface area contributed by atoms with Crippen LogP contribution in [0.5, 0.6) is 0 Å². The van der Waals surface area contributed by atoms with Crippen LogP contribution in [0.3, 0.4) is 0 Å². The zero-order valence-corrected chi connectivity index (χ0v) is 5.49. The van der Waals surface area contributed by atoms with Crippen LogP contribution in [-0.2, 0) is 10.1 Å². The van der Waals surface area contributed by atoms with Crippen LogP contribution >= 0.6 is 0 Å². The minimum Gasteiger partial charge on any atom is -0.570 e. The largest absolute Gasteiger partial charge is 0.570 e. The number of hydrogen-bond donors (Lipinski definition) is 0. The Morgan fingerprint density at radius 2 is 2.00 bits per heavy atom. The summed E-state index contributed by atoms with van der Waals surface area (Å²) in [7, 11) is -3.55. The van der Waals surface area contributed by atoms with E-state index in [0.717, 1.165) is 6.26 Å². The monoisotopic (exact) mass is 124 g/mol. The SMILES string of the molecule is C[BH2-][OH+]S(C)(=O)=O. The van der Waals surface area contributed by atoms with E-state index < -0.39 is 17.6 Å². The molecule has 0 radical (unpaired) electrons. The van der Waals surface area contributed by atoms with Crippen LogP contribution in [0.25, 0.3) is 0 Å². The summed E-state index contributed by atoms with van der Waals surface area (Å²) in [5.74, 6) is 0. The van der Waals surface area contributed by atoms with E-state index in [1.165, 1.54) is 0 Å². The molecule has 0 saturated heterocycles. The van der Waals surface area contributed by atoms with Gasteiger partial charge in [0.15, 0.2) is 0 Å². The second-order valence-corrected chi connectivity index (χ2v) is 3.19. The smallest absolute Gasteiger partial charge is 0.326 e. The van der Waals surface area contributed by atoms with E-state index in [-0.39, 0.29) is 0 Å². The summed E-state index contributed by atoms with van der Waals surface area (Å²) < 4.78 is 23.5. The van der Waals surface area contributed by atoms with Gasteiger partial charge in [0.05, 0.1) is 0 Å². The second-order valence-electron chi connectivity index (χ2n) is 1.36. The molecule has 0 heterocycles. The predicted octanol–water partition coefficient (Wildman–Crippen LogP) is -1.39. The Kier molecular flexibility index (Phi) is 2.32. The first-order valence-electron chi connectivity index (χ1n) is 2.37. The summed E-state index contributed by atoms with van der Waals surface area (Å²) in [4.78, 5) is 0. The van der Waals surface area contributed by atoms with Crippen molar-refractivity contribution in [2.24, 2.45) is 0 Å². The Bertz CT molecular complexity index is 126. The normalized spacial score (nSPS) is 11.7. The van der Waals surface area contributed by atoms with Crippen LogP contribution in [0.4, 0.5) is 0 Å². The molecule has 0 fully saturated rings. The highest BCUT2D eigenvalue weighted by molar-refractivity contribution is 7.86. The van der Waals surface area contributed by atoms with Gasteiger partial charge in [-0.2, -0.15) is 8.42 Å². The van der Waals surface area contributed by atoms with Crippen LogP contribution in [0.2, 0.25) is 6.82 Å². The highest BCUT2D eigenvalue weighted by Gasteiger charge is 1.95. The molecule has 0 aliphatic carbocycles. The molecule has 0 rings (SSSR count). The zero-order chi connectivity index (χ0) is 5.91. The molecule has 5 heteroatoms. The highest BCUT2D eigenvalue weighted by Crippen LogP contribution is 1.74. The van der Waals surface area contributed by atoms with E-state index in [1.54, 1.807) is 6.82 Å². The van der Waals surface area contributed by atoms with Gasteiger partial charge in [-0.05, 0) is 0 Å². The van der Waals surface area contributed by atoms with E-state index in [1.807, 2.05) is 0 Å². The molecular formula is C2H9BO3S. The van der Waals surface area contributed by atoms with Crippen LogP contribution in [0.1, 0.15) is 0 Å². The first-order valence-corrected chi connectivity index (χ1v) is 4.22. The van der Waals surface area contributed by atoms with Gasteiger partial charge in [-0.3, -0.25) is 0 Å². The predicted molar refractivity (Wildman–Crippen MR) is 31.5 cm³/mol. The molecule has 0 aromatic heterocycles. The lowest BCUT2D eigenvalue weighted by atomic mass is 10.1. The van der Waals surface area contributed by atoms with Gasteiger partial charge >= 0.3 is 10.1 Å². The lowest BCUT2D eigenvalue weighted by Crippen LogP contribution is -2.09. The molecule has 0 unspecified atom stereocenters. The van der Waals surface area contributed by atoms with E-state index >= 15 is 0 Å². The summed E-state index contributed by atoms with van der Waals surface area (Å²) in [6.07, 6.45) is 1.11. The Morgan fingerprint density at radius 3 is 2.00 bits per heavy atom. The van der Waals surface area contributed by atoms with Gasteiger partial charge in [0.2, 0.25) is 0 Å². The topological polar surface area (TPSA) is 46.9 Å². The van der Waals surface area contributed by atoms with E-state index in [0.29, 0.717) is 0 Å². The molecule has 0 atom stereocenters. The minimum atomic E-state index is -2.99. The van der Waals surface area contributed by atoms with Crippen LogP contribution in [-0.4, -0.2) is 26.3 Å². The van der Waals surface area contributed by atoms with E-state index in [2.05, 4.69) is 4.10 Å². The van der Waals surface area contributed by atoms with E-state index in [9.17, 15) is 8.42 Å². The molecule has 44 valence electrons. The Morgan fingerprint density at radius 1 is 1.57 bits per heavy atom. The van der Waals surface area contributed by atoms with Crippen LogP contribution in [0.15, 0.2) is 0 Å². The van der Waals surface area contributed by atoms with Crippen molar-refractivity contribution in [3.05, 3.63) is 0 Å². The van der Waals surface area contributed by atoms with E-state index in [4.69, 9.17) is 0 Å². The molecule has 0 aliphatic rings. The minimum absolute atomic E-state index is 0.553. The molecule has 0 aromatic carbocycles. The molecule has 0 aromatic rings. The molecular weight excluding hydrogens is 115 g/mol. The van der Waals surface area contributed by atoms with Crippen LogP contribution < -0.4 is 0 Å². The quantitative estimate of drug-likeness (QED) is 0.258. The van der Waals surface area contributed by atoms with Gasteiger partial charge in [0.1, 0.15) is 6.26 Å². The number of hydrogen-bond acceptors (Lipinski definition) is 2. The fraction of sp³-hybridized carbons (Fsp3) is 1.00. The summed E-state index contributed by atoms with van der Waals surface area (Å²) >= 11 is 0. The summed E-state index contributed by atoms with van der Waals surface area (Å²) in [6, 6.07) is 0. The zero-order valence-electron chi connectivity index (χ0n) is 4.67. The lowest BCUT2D eigenvalue weighted by molar-refractivity contribution is 0.378. The third kappa shape index (κ3) is 5.97. The molecule has 3 nitrogen and oxygen atoms in total. The average Bonchev–Trinajstić information content (AvgIpc) is 1.30. The molecule has 1 N–H and O–H groups in total. The fourth-order valence-corrected chi connectivity index (χ4v) is 0.995. The highest BCUT2D eigenvalue weighted by atomic mass is 32.2. The van der Waals surface area contributed by atoms with Gasteiger partial charge in [0.25, 0.3) is 7.48 Å². The van der Waals surface area contributed by atoms with Crippen molar-refractivity contribution in [3.63, 3.8) is 0 Å². The van der Waals surface area contributed by atoms with Crippen molar-refractivity contribution < 1.29 is 12.5 Å². The van der Waals surface area contributed by atoms with Gasteiger partial charge in [-0.1, -0.05) is 0 Å². The maximum absolute atomic E-state index is 10.1. The first-order chi connectivity index (χ1) is 3.06. The molecule has 0 spiro atoms. The van der Waals surface area contributed by atoms with Crippen molar-refractivity contribution in [2.75, 3.05) is 6.26 Å². The molecule has 0 bridgehead atoms. The molecule has 0 amide bonds. The summed E-state index contributed by atoms with van der Waals surface area (Å²) in [5, 5.41) is 0. The lowest BCUT2D eigenvalue weighted by Gasteiger charge is -1.96. The summed E-state index contributed by atoms with van der Waals surface area (Å²) in [6.45, 7) is 1.81. The van der Waals surface area contributed by atoms with Gasteiger partial charge < -0.3 is 4.10 Å². The average molecular weight is 124 g/mol. The number of rotatable bonds is 2. The Hall–Kier alpha value is -0.0251. The van der Waals surface area contributed by atoms with Gasteiger partial charge in [0, 0.05) is 0 Å². The van der Waals surface area contributed by atoms with Gasteiger partial charge in [-0.25, -0.2) is 0 Å². The van der Waals surface area contributed by atoms with Crippen molar-refractivity contribution in [1.82, 2.24) is 0 Å². The Labute approximate surface area is 44.1 Å². The third-order valence-corrected chi connectivity index (χ3v) is 1.54. The molecule has 7 heavy (non-hydrogen) atoms. The molecule has 0 aliphatic heterocycles. The van der Waals surface area contributed by atoms with Crippen molar-refractivity contribution in [2.45, 2.75) is 6.82 Å². The maximum atomic E-state index is 10.1. The maximum Gasteiger partial charge on any atom is 0.326 e. The molecule has 0 saturated carbocycles. The van der Waals surface area contributed by atoms with Crippen molar-refractivity contribution >= 4 is 17.6 Å².